The van der Waals surface area contributed by atoms with E-state index in [1.165, 1.54) is 35.6 Å². The van der Waals surface area contributed by atoms with E-state index in [0.29, 0.717) is 17.2 Å². The Balaban J connectivity index is 0.00000192. The molecule has 4 rings (SSSR count). The van der Waals surface area contributed by atoms with E-state index < -0.39 is 61.9 Å². The molecule has 4 atom stereocenters. The fraction of sp³-hybridized carbons (Fsp3) is 0.636. The van der Waals surface area contributed by atoms with E-state index >= 15 is 0 Å². The Morgan fingerprint density at radius 2 is 1.57 bits per heavy atom. The summed E-state index contributed by atoms with van der Waals surface area (Å²) in [5.41, 5.74) is 5.34. The number of aryl methyl sites for hydroxylation is 1. The Kier molecular flexibility index (Phi) is 11.6. The summed E-state index contributed by atoms with van der Waals surface area (Å²) in [6, 6.07) is 9.46. The summed E-state index contributed by atoms with van der Waals surface area (Å²) >= 11 is 0. The zero-order valence-electron chi connectivity index (χ0n) is 30.5. The minimum absolute atomic E-state index is 0.0170. The number of hydrogen-bond acceptors (Lipinski definition) is 8. The van der Waals surface area contributed by atoms with Crippen molar-refractivity contribution >= 4 is 31.6 Å². The van der Waals surface area contributed by atoms with Crippen molar-refractivity contribution in [1.29, 1.82) is 0 Å². The first-order chi connectivity index (χ1) is 21.6. The van der Waals surface area contributed by atoms with Crippen molar-refractivity contribution in [3.63, 3.8) is 0 Å². The van der Waals surface area contributed by atoms with Gasteiger partial charge in [-0.1, -0.05) is 78.3 Å². The van der Waals surface area contributed by atoms with E-state index in [2.05, 4.69) is 47.7 Å². The van der Waals surface area contributed by atoms with Gasteiger partial charge >= 0.3 is 5.69 Å². The molecule has 2 aliphatic heterocycles. The molecule has 0 unspecified atom stereocenters. The average Bonchev–Trinajstić information content (AvgIpc) is 3.37. The number of nitrogens with two attached hydrogens (primary N) is 1. The van der Waals surface area contributed by atoms with E-state index in [1.54, 1.807) is 31.2 Å². The first kappa shape index (κ1) is 39.1. The predicted molar refractivity (Wildman–Crippen MR) is 194 cm³/mol. The summed E-state index contributed by atoms with van der Waals surface area (Å²) in [6.07, 6.45) is -0.379. The lowest BCUT2D eigenvalue weighted by molar-refractivity contribution is -0.0507. The fourth-order valence-corrected chi connectivity index (χ4v) is 9.67. The smallest absolute Gasteiger partial charge is 0.332 e. The van der Waals surface area contributed by atoms with Crippen molar-refractivity contribution in [2.24, 2.45) is 12.8 Å². The van der Waals surface area contributed by atoms with Crippen molar-refractivity contribution in [3.8, 4) is 0 Å². The van der Waals surface area contributed by atoms with E-state index in [0.717, 1.165) is 4.57 Å². The van der Waals surface area contributed by atoms with Crippen LogP contribution in [0, 0.1) is 6.92 Å². The maximum Gasteiger partial charge on any atom is 0.332 e. The molecule has 1 saturated heterocycles. The summed E-state index contributed by atoms with van der Waals surface area (Å²) in [4.78, 5) is 26.3. The summed E-state index contributed by atoms with van der Waals surface area (Å²) in [7, 11) is -6.10. The lowest BCUT2D eigenvalue weighted by Gasteiger charge is -2.44. The Hall–Kier alpha value is -2.34. The van der Waals surface area contributed by atoms with Crippen LogP contribution in [0.25, 0.3) is 4.91 Å². The molecular formula is C33H56N4O7SSi2. The molecule has 0 bridgehead atoms. The van der Waals surface area contributed by atoms with E-state index in [1.807, 2.05) is 26.1 Å². The molecule has 1 fully saturated rings. The van der Waals surface area contributed by atoms with Gasteiger partial charge in [-0.05, 0) is 49.8 Å². The third-order valence-corrected chi connectivity index (χ3v) is 18.9. The van der Waals surface area contributed by atoms with Crippen LogP contribution in [0.15, 0.2) is 51.8 Å². The van der Waals surface area contributed by atoms with Gasteiger partial charge in [-0.15, -0.1) is 0 Å². The van der Waals surface area contributed by atoms with E-state index in [9.17, 15) is 18.0 Å². The number of sulfonamides is 1. The Bertz CT molecular complexity index is 1700. The molecule has 1 aromatic heterocycles. The normalized spacial score (nSPS) is 24.9. The number of rotatable bonds is 8. The molecule has 0 radical (unpaired) electrons. The van der Waals surface area contributed by atoms with Crippen molar-refractivity contribution in [1.82, 2.24) is 13.4 Å². The van der Waals surface area contributed by atoms with E-state index in [-0.39, 0.29) is 22.2 Å². The monoisotopic (exact) mass is 708 g/mol. The van der Waals surface area contributed by atoms with Gasteiger partial charge in [0.15, 0.2) is 22.9 Å². The van der Waals surface area contributed by atoms with Gasteiger partial charge in [-0.3, -0.25) is 13.9 Å². The molecule has 14 heteroatoms. The van der Waals surface area contributed by atoms with Gasteiger partial charge in [-0.25, -0.2) is 13.2 Å². The highest BCUT2D eigenvalue weighted by Gasteiger charge is 2.70. The number of aromatic nitrogens is 2. The molecule has 2 aliphatic rings. The second-order valence-electron chi connectivity index (χ2n) is 14.7. The van der Waals surface area contributed by atoms with Crippen LogP contribution in [0.4, 0.5) is 0 Å². The highest BCUT2D eigenvalue weighted by Crippen LogP contribution is 2.55. The predicted octanol–water partition coefficient (Wildman–Crippen LogP) is 5.14. The molecule has 0 saturated carbocycles. The minimum atomic E-state index is -4.15. The lowest BCUT2D eigenvalue weighted by atomic mass is 9.84. The minimum Gasteiger partial charge on any atom is -0.414 e. The topological polar surface area (TPSA) is 135 Å². The molecule has 0 aliphatic carbocycles. The van der Waals surface area contributed by atoms with Gasteiger partial charge in [0.1, 0.15) is 22.7 Å². The van der Waals surface area contributed by atoms with Crippen LogP contribution in [0.2, 0.25) is 37.3 Å². The second kappa shape index (κ2) is 13.9. The van der Waals surface area contributed by atoms with Gasteiger partial charge in [0.05, 0.1) is 12.3 Å². The highest BCUT2D eigenvalue weighted by molar-refractivity contribution is 7.98. The van der Waals surface area contributed by atoms with Crippen LogP contribution >= 0.6 is 0 Å². The number of hydrogen-bond donors (Lipinski definition) is 1. The Labute approximate surface area is 283 Å². The van der Waals surface area contributed by atoms with Gasteiger partial charge in [0, 0.05) is 25.9 Å². The van der Waals surface area contributed by atoms with Crippen LogP contribution in [0.1, 0.15) is 65.3 Å². The van der Waals surface area contributed by atoms with Crippen LogP contribution in [-0.4, -0.2) is 69.9 Å². The summed E-state index contributed by atoms with van der Waals surface area (Å²) in [5.74, 6) is 0. The zero-order valence-corrected chi connectivity index (χ0v) is 33.3. The van der Waals surface area contributed by atoms with Crippen molar-refractivity contribution < 1.29 is 22.0 Å². The number of likely N-dealkylation sites (N-methyl/N-ethyl adjacent to an activating group) is 1. The van der Waals surface area contributed by atoms with Crippen molar-refractivity contribution in [2.75, 3.05) is 13.7 Å². The molecule has 264 valence electrons. The van der Waals surface area contributed by atoms with Crippen molar-refractivity contribution in [2.45, 2.75) is 116 Å². The fourth-order valence-electron chi connectivity index (χ4n) is 5.65. The Morgan fingerprint density at radius 3 is 2.09 bits per heavy atom. The van der Waals surface area contributed by atoms with Gasteiger partial charge in [0.2, 0.25) is 10.0 Å². The van der Waals surface area contributed by atoms with Crippen LogP contribution in [-0.2, 0) is 30.7 Å². The summed E-state index contributed by atoms with van der Waals surface area (Å²) < 4.78 is 52.8. The first-order valence-corrected chi connectivity index (χ1v) is 23.8. The molecule has 0 amide bonds. The van der Waals surface area contributed by atoms with Crippen molar-refractivity contribution in [3.05, 3.63) is 74.2 Å². The Morgan fingerprint density at radius 1 is 1.02 bits per heavy atom. The molecule has 2 aromatic rings. The maximum absolute atomic E-state index is 14.4. The quantitative estimate of drug-likeness (QED) is 0.373. The molecular weight excluding hydrogens is 653 g/mol. The maximum atomic E-state index is 14.4. The standard InChI is InChI=1S/C30H48N4O7SSi2.C3H8/c1-12-43(8,9)41-25-27(34-18-20(2)26(35)32(6)28(34)36)40-22(19-39-44(10,11)29(3,4)5)30(25)24(31)23(42(37,38)33(30)7)21-16-14-13-15-17-21;1-3-2/h13-18,22,25,27H,12,19,31H2,1-11H3;3H2,1-2H3/t22-,25-,27+,30-;/m0./s1. The molecule has 1 spiro atoms. The number of ether oxygens (including phenoxy) is 1. The largest absolute Gasteiger partial charge is 0.414 e. The third-order valence-electron chi connectivity index (χ3n) is 9.79. The SMILES string of the molecule is CCC.CC[Si](C)(C)O[C@H]1[C@H](n2cc(C)c(=O)n(C)c2=O)O[C@@H](CO[Si](C)(C)C(C)(C)C)[C@]12C(N)=C(c1ccccc1)S(=O)(=O)N2C. The zero-order chi connectivity index (χ0) is 35.9. The van der Waals surface area contributed by atoms with E-state index in [4.69, 9.17) is 19.3 Å². The van der Waals surface area contributed by atoms with Crippen LogP contribution in [0.3, 0.4) is 0 Å². The highest BCUT2D eigenvalue weighted by atomic mass is 32.2. The number of nitrogens with zero attached hydrogens (tertiary/aromatic N) is 3. The van der Waals surface area contributed by atoms with Crippen LogP contribution in [0.5, 0.6) is 0 Å². The molecule has 11 nitrogen and oxygen atoms in total. The first-order valence-electron chi connectivity index (χ1n) is 16.4. The van der Waals surface area contributed by atoms with Gasteiger partial charge in [-0.2, -0.15) is 4.31 Å². The van der Waals surface area contributed by atoms with Crippen LogP contribution < -0.4 is 17.0 Å². The van der Waals surface area contributed by atoms with Gasteiger partial charge in [0.25, 0.3) is 5.56 Å². The molecule has 2 N–H and O–H groups in total. The second-order valence-corrected chi connectivity index (χ2v) is 25.9. The summed E-state index contributed by atoms with van der Waals surface area (Å²) in [6.45, 7) is 22.6. The molecule has 1 aromatic carbocycles. The van der Waals surface area contributed by atoms with Gasteiger partial charge < -0.3 is 19.3 Å². The summed E-state index contributed by atoms with van der Waals surface area (Å²) in [5, 5.41) is -0.138. The lowest BCUT2D eigenvalue weighted by Crippen LogP contribution is -2.64. The molecule has 3 heterocycles. The number of benzene rings is 1. The average molecular weight is 709 g/mol. The molecule has 47 heavy (non-hydrogen) atoms. The third kappa shape index (κ3) is 6.92.